The molecule has 0 radical (unpaired) electrons. The lowest BCUT2D eigenvalue weighted by molar-refractivity contribution is -0.133. The second kappa shape index (κ2) is 8.75. The molecule has 1 aromatic rings. The molecule has 0 heterocycles. The third-order valence-electron chi connectivity index (χ3n) is 3.32. The van der Waals surface area contributed by atoms with Gasteiger partial charge in [0.15, 0.2) is 0 Å². The maximum Gasteiger partial charge on any atom is 0.239 e. The molecular weight excluding hydrogens is 350 g/mol. The molecule has 0 fully saturated rings. The Labute approximate surface area is 139 Å². The second-order valence-electron chi connectivity index (χ2n) is 4.92. The molecule has 122 valence electrons. The predicted octanol–water partition coefficient (Wildman–Crippen LogP) is 1.31. The fraction of sp³-hybridized carbons (Fsp3) is 0.467. The Balaban J connectivity index is 2.55. The number of hydrogen-bond acceptors (Lipinski definition) is 4. The SMILES string of the molecule is CNC(=O)CN(C)C(=O)CN[C@@H](C)c1ccc(OC)c(Br)c1. The van der Waals surface area contributed by atoms with Gasteiger partial charge in [-0.3, -0.25) is 9.59 Å². The van der Waals surface area contributed by atoms with Crippen molar-refractivity contribution in [3.05, 3.63) is 28.2 Å². The number of methoxy groups -OCH3 is 1. The average molecular weight is 372 g/mol. The van der Waals surface area contributed by atoms with Crippen molar-refractivity contribution in [2.75, 3.05) is 34.3 Å². The zero-order chi connectivity index (χ0) is 16.7. The molecule has 0 aliphatic carbocycles. The first-order valence-electron chi connectivity index (χ1n) is 6.90. The van der Waals surface area contributed by atoms with Gasteiger partial charge in [0.1, 0.15) is 5.75 Å². The van der Waals surface area contributed by atoms with Crippen molar-refractivity contribution in [1.82, 2.24) is 15.5 Å². The molecular formula is C15H22BrN3O3. The molecule has 0 unspecified atom stereocenters. The molecule has 22 heavy (non-hydrogen) atoms. The van der Waals surface area contributed by atoms with Crippen LogP contribution in [-0.4, -0.2) is 51.0 Å². The number of ether oxygens (including phenoxy) is 1. The summed E-state index contributed by atoms with van der Waals surface area (Å²) in [4.78, 5) is 24.6. The minimum atomic E-state index is -0.192. The highest BCUT2D eigenvalue weighted by Gasteiger charge is 2.14. The van der Waals surface area contributed by atoms with Crippen LogP contribution in [0.1, 0.15) is 18.5 Å². The Morgan fingerprint density at radius 1 is 1.41 bits per heavy atom. The van der Waals surface area contributed by atoms with Crippen LogP contribution >= 0.6 is 15.9 Å². The van der Waals surface area contributed by atoms with Gasteiger partial charge in [-0.15, -0.1) is 0 Å². The maximum atomic E-state index is 12.0. The summed E-state index contributed by atoms with van der Waals surface area (Å²) in [5.74, 6) is 0.434. The molecule has 0 aliphatic rings. The number of carbonyl (C=O) groups excluding carboxylic acids is 2. The van der Waals surface area contributed by atoms with Gasteiger partial charge in [-0.25, -0.2) is 0 Å². The van der Waals surface area contributed by atoms with E-state index in [9.17, 15) is 9.59 Å². The van der Waals surface area contributed by atoms with Crippen LogP contribution in [0.25, 0.3) is 0 Å². The molecule has 1 atom stereocenters. The molecule has 0 spiro atoms. The van der Waals surface area contributed by atoms with Gasteiger partial charge in [-0.05, 0) is 40.5 Å². The largest absolute Gasteiger partial charge is 0.496 e. The van der Waals surface area contributed by atoms with Crippen LogP contribution in [-0.2, 0) is 9.59 Å². The lowest BCUT2D eigenvalue weighted by Crippen LogP contribution is -2.41. The monoisotopic (exact) mass is 371 g/mol. The van der Waals surface area contributed by atoms with Crippen LogP contribution in [0.2, 0.25) is 0 Å². The molecule has 0 saturated carbocycles. The zero-order valence-electron chi connectivity index (χ0n) is 13.3. The summed E-state index contributed by atoms with van der Waals surface area (Å²) < 4.78 is 6.06. The fourth-order valence-corrected chi connectivity index (χ4v) is 2.39. The number of likely N-dealkylation sites (N-methyl/N-ethyl adjacent to an activating group) is 2. The van der Waals surface area contributed by atoms with Gasteiger partial charge in [0, 0.05) is 20.1 Å². The van der Waals surface area contributed by atoms with Crippen molar-refractivity contribution < 1.29 is 14.3 Å². The Hall–Kier alpha value is -1.60. The van der Waals surface area contributed by atoms with Crippen molar-refractivity contribution >= 4 is 27.7 Å². The molecule has 0 aliphatic heterocycles. The van der Waals surface area contributed by atoms with Gasteiger partial charge in [-0.1, -0.05) is 6.07 Å². The lowest BCUT2D eigenvalue weighted by atomic mass is 10.1. The second-order valence-corrected chi connectivity index (χ2v) is 5.77. The van der Waals surface area contributed by atoms with Crippen LogP contribution in [0.15, 0.2) is 22.7 Å². The predicted molar refractivity (Wildman–Crippen MR) is 88.8 cm³/mol. The number of nitrogens with one attached hydrogen (secondary N) is 2. The van der Waals surface area contributed by atoms with Crippen molar-refractivity contribution in [3.63, 3.8) is 0 Å². The normalized spacial score (nSPS) is 11.7. The van der Waals surface area contributed by atoms with Crippen LogP contribution in [0.3, 0.4) is 0 Å². The van der Waals surface area contributed by atoms with E-state index in [2.05, 4.69) is 26.6 Å². The van der Waals surface area contributed by atoms with E-state index in [4.69, 9.17) is 4.74 Å². The van der Waals surface area contributed by atoms with Gasteiger partial charge in [0.25, 0.3) is 0 Å². The summed E-state index contributed by atoms with van der Waals surface area (Å²) in [6, 6.07) is 5.77. The summed E-state index contributed by atoms with van der Waals surface area (Å²) in [7, 11) is 4.76. The first-order valence-corrected chi connectivity index (χ1v) is 7.69. The van der Waals surface area contributed by atoms with Gasteiger partial charge in [0.2, 0.25) is 11.8 Å². The highest BCUT2D eigenvalue weighted by Crippen LogP contribution is 2.27. The Bertz CT molecular complexity index is 537. The van der Waals surface area contributed by atoms with Gasteiger partial charge >= 0.3 is 0 Å². The van der Waals surface area contributed by atoms with Crippen molar-refractivity contribution in [2.45, 2.75) is 13.0 Å². The summed E-state index contributed by atoms with van der Waals surface area (Å²) in [5.41, 5.74) is 1.04. The van der Waals surface area contributed by atoms with Crippen LogP contribution in [0.5, 0.6) is 5.75 Å². The minimum absolute atomic E-state index is 0.000409. The van der Waals surface area contributed by atoms with E-state index in [1.807, 2.05) is 25.1 Å². The molecule has 1 rings (SSSR count). The third-order valence-corrected chi connectivity index (χ3v) is 3.94. The van der Waals surface area contributed by atoms with Crippen molar-refractivity contribution in [2.24, 2.45) is 0 Å². The zero-order valence-corrected chi connectivity index (χ0v) is 14.9. The average Bonchev–Trinajstić information content (AvgIpc) is 2.51. The molecule has 1 aromatic carbocycles. The lowest BCUT2D eigenvalue weighted by Gasteiger charge is -2.19. The summed E-state index contributed by atoms with van der Waals surface area (Å²) in [6.45, 7) is 2.19. The quantitative estimate of drug-likeness (QED) is 0.757. The molecule has 0 bridgehead atoms. The number of rotatable bonds is 7. The molecule has 6 nitrogen and oxygen atoms in total. The molecule has 0 aromatic heterocycles. The topological polar surface area (TPSA) is 70.7 Å². The highest BCUT2D eigenvalue weighted by atomic mass is 79.9. The van der Waals surface area contributed by atoms with E-state index in [1.54, 1.807) is 21.2 Å². The van der Waals surface area contributed by atoms with E-state index in [-0.39, 0.29) is 30.9 Å². The molecule has 7 heteroatoms. The number of amides is 2. The summed E-state index contributed by atoms with van der Waals surface area (Å²) in [5, 5.41) is 5.64. The fourth-order valence-electron chi connectivity index (χ4n) is 1.83. The molecule has 2 N–H and O–H groups in total. The smallest absolute Gasteiger partial charge is 0.239 e. The van der Waals surface area contributed by atoms with E-state index < -0.39 is 0 Å². The van der Waals surface area contributed by atoms with Gasteiger partial charge in [-0.2, -0.15) is 0 Å². The third kappa shape index (κ3) is 5.31. The van der Waals surface area contributed by atoms with Gasteiger partial charge in [0.05, 0.1) is 24.7 Å². The van der Waals surface area contributed by atoms with E-state index in [1.165, 1.54) is 4.90 Å². The van der Waals surface area contributed by atoms with Crippen molar-refractivity contribution in [1.29, 1.82) is 0 Å². The number of carbonyl (C=O) groups is 2. The van der Waals surface area contributed by atoms with Crippen LogP contribution in [0, 0.1) is 0 Å². The first kappa shape index (κ1) is 18.4. The van der Waals surface area contributed by atoms with Crippen LogP contribution < -0.4 is 15.4 Å². The van der Waals surface area contributed by atoms with Gasteiger partial charge < -0.3 is 20.3 Å². The number of nitrogens with zero attached hydrogens (tertiary/aromatic N) is 1. The van der Waals surface area contributed by atoms with E-state index >= 15 is 0 Å². The summed E-state index contributed by atoms with van der Waals surface area (Å²) in [6.07, 6.45) is 0. The van der Waals surface area contributed by atoms with E-state index in [0.717, 1.165) is 15.8 Å². The Morgan fingerprint density at radius 2 is 2.09 bits per heavy atom. The highest BCUT2D eigenvalue weighted by molar-refractivity contribution is 9.10. The number of benzene rings is 1. The standard InChI is InChI=1S/C15H22BrN3O3/c1-10(11-5-6-13(22-4)12(16)7-11)18-8-15(21)19(3)9-14(20)17-2/h5-7,10,18H,8-9H2,1-4H3,(H,17,20)/t10-/m0/s1. The van der Waals surface area contributed by atoms with Crippen LogP contribution in [0.4, 0.5) is 0 Å². The molecule has 2 amide bonds. The molecule has 0 saturated heterocycles. The summed E-state index contributed by atoms with van der Waals surface area (Å²) >= 11 is 3.44. The Morgan fingerprint density at radius 3 is 2.64 bits per heavy atom. The number of halogens is 1. The number of hydrogen-bond donors (Lipinski definition) is 2. The minimum Gasteiger partial charge on any atom is -0.496 e. The van der Waals surface area contributed by atoms with E-state index in [0.29, 0.717) is 0 Å². The van der Waals surface area contributed by atoms with Crippen molar-refractivity contribution in [3.8, 4) is 5.75 Å². The first-order chi connectivity index (χ1) is 10.4. The Kier molecular flexibility index (Phi) is 7.34. The maximum absolute atomic E-state index is 12.0.